The molecule has 0 unspecified atom stereocenters. The zero-order chi connectivity index (χ0) is 22.3. The van der Waals surface area contributed by atoms with Gasteiger partial charge in [-0.05, 0) is 77.0 Å². The number of hydrogen-bond donors (Lipinski definition) is 1. The van der Waals surface area contributed by atoms with Gasteiger partial charge in [0.15, 0.2) is 0 Å². The lowest BCUT2D eigenvalue weighted by Gasteiger charge is -2.08. The van der Waals surface area contributed by atoms with Gasteiger partial charge in [0, 0.05) is 6.61 Å². The van der Waals surface area contributed by atoms with Crippen molar-refractivity contribution < 1.29 is 9.84 Å². The second-order valence-corrected chi connectivity index (χ2v) is 8.97. The van der Waals surface area contributed by atoms with E-state index in [2.05, 4.69) is 73.4 Å². The molecule has 0 saturated carbocycles. The molecule has 1 heterocycles. The summed E-state index contributed by atoms with van der Waals surface area (Å²) in [5, 5.41) is 9.21. The van der Waals surface area contributed by atoms with Gasteiger partial charge in [0.1, 0.15) is 5.76 Å². The van der Waals surface area contributed by atoms with Crippen molar-refractivity contribution in [2.75, 3.05) is 27.2 Å². The highest BCUT2D eigenvalue weighted by molar-refractivity contribution is 7.14. The van der Waals surface area contributed by atoms with Crippen molar-refractivity contribution >= 4 is 23.5 Å². The molecule has 0 saturated heterocycles. The molecule has 0 fully saturated rings. The van der Waals surface area contributed by atoms with E-state index >= 15 is 0 Å². The smallest absolute Gasteiger partial charge is 0.279 e. The Bertz CT molecular complexity index is 771. The summed E-state index contributed by atoms with van der Waals surface area (Å²) < 4.78 is 5.90. The first kappa shape index (κ1) is 25.3. The fourth-order valence-electron chi connectivity index (χ4n) is 3.20. The number of aliphatic hydroxyl groups excluding tert-OH is 1. The Morgan fingerprint density at radius 3 is 2.52 bits per heavy atom. The average Bonchev–Trinajstić information content (AvgIpc) is 2.90. The third-order valence-electron chi connectivity index (χ3n) is 5.02. The maximum Gasteiger partial charge on any atom is 0.279 e. The van der Waals surface area contributed by atoms with Gasteiger partial charge < -0.3 is 14.7 Å². The van der Waals surface area contributed by atoms with E-state index in [4.69, 9.17) is 9.84 Å². The lowest BCUT2D eigenvalue weighted by atomic mass is 10.1. The molecule has 2 aliphatic carbocycles. The Kier molecular flexibility index (Phi) is 12.2. The molecule has 2 aliphatic rings. The van der Waals surface area contributed by atoms with Crippen molar-refractivity contribution in [1.82, 2.24) is 9.88 Å². The molecule has 0 aliphatic heterocycles. The largest absolute Gasteiger partial charge is 0.431 e. The van der Waals surface area contributed by atoms with E-state index in [0.717, 1.165) is 37.1 Å². The highest BCUT2D eigenvalue weighted by atomic mass is 32.1. The third-order valence-corrected chi connectivity index (χ3v) is 5.93. The van der Waals surface area contributed by atoms with Crippen LogP contribution in [0.25, 0.3) is 12.2 Å². The van der Waals surface area contributed by atoms with E-state index in [-0.39, 0.29) is 0 Å². The van der Waals surface area contributed by atoms with Crippen LogP contribution in [0.5, 0.6) is 5.19 Å². The fourth-order valence-corrected chi connectivity index (χ4v) is 4.05. The molecule has 0 radical (unpaired) electrons. The molecule has 0 atom stereocenters. The van der Waals surface area contributed by atoms with E-state index in [1.807, 2.05) is 6.08 Å². The molecule has 0 bridgehead atoms. The maximum atomic E-state index is 8.50. The number of ether oxygens (including phenoxy) is 1. The summed E-state index contributed by atoms with van der Waals surface area (Å²) in [6.07, 6.45) is 25.9. The van der Waals surface area contributed by atoms with Crippen molar-refractivity contribution in [1.29, 1.82) is 0 Å². The molecule has 4 nitrogen and oxygen atoms in total. The van der Waals surface area contributed by atoms with E-state index < -0.39 is 0 Å². The van der Waals surface area contributed by atoms with Crippen LogP contribution in [0.3, 0.4) is 0 Å². The summed E-state index contributed by atoms with van der Waals surface area (Å²) in [6, 6.07) is 0. The average molecular weight is 443 g/mol. The van der Waals surface area contributed by atoms with Gasteiger partial charge in [-0.2, -0.15) is 0 Å². The number of unbranched alkanes of at least 4 members (excludes halogenated alkanes) is 4. The zero-order valence-corrected chi connectivity index (χ0v) is 20.2. The molecular weight excluding hydrogens is 404 g/mol. The van der Waals surface area contributed by atoms with Crippen LogP contribution in [0.4, 0.5) is 0 Å². The number of nitrogens with zero attached hydrogens (tertiary/aromatic N) is 2. The molecule has 0 amide bonds. The molecule has 0 aromatic carbocycles. The number of allylic oxidation sites excluding steroid dienone is 7. The van der Waals surface area contributed by atoms with Crippen LogP contribution in [-0.4, -0.2) is 42.2 Å². The van der Waals surface area contributed by atoms with Crippen LogP contribution < -0.4 is 4.74 Å². The van der Waals surface area contributed by atoms with Crippen molar-refractivity contribution in [2.45, 2.75) is 58.3 Å². The van der Waals surface area contributed by atoms with Crippen molar-refractivity contribution in [3.63, 3.8) is 0 Å². The van der Waals surface area contributed by atoms with E-state index in [1.54, 1.807) is 11.3 Å². The van der Waals surface area contributed by atoms with E-state index in [1.165, 1.54) is 42.7 Å². The first-order chi connectivity index (χ1) is 15.1. The summed E-state index contributed by atoms with van der Waals surface area (Å²) in [5.74, 6) is 0.876. The highest BCUT2D eigenvalue weighted by Crippen LogP contribution is 2.30. The second kappa shape index (κ2) is 15.0. The first-order valence-electron chi connectivity index (χ1n) is 11.5. The van der Waals surface area contributed by atoms with Gasteiger partial charge in [0.2, 0.25) is 0 Å². The van der Waals surface area contributed by atoms with Crippen molar-refractivity contribution in [2.24, 2.45) is 0 Å². The fraction of sp³-hybridized carbons (Fsp3) is 0.500. The minimum Gasteiger partial charge on any atom is -0.431 e. The maximum absolute atomic E-state index is 8.50. The molecular formula is C26H38N2O2S. The summed E-state index contributed by atoms with van der Waals surface area (Å²) in [4.78, 5) is 7.92. The van der Waals surface area contributed by atoms with Crippen LogP contribution in [0.15, 0.2) is 47.8 Å². The van der Waals surface area contributed by atoms with Crippen LogP contribution in [0.1, 0.15) is 68.9 Å². The normalized spacial score (nSPS) is 14.9. The van der Waals surface area contributed by atoms with E-state index in [0.29, 0.717) is 11.8 Å². The van der Waals surface area contributed by atoms with Crippen molar-refractivity contribution in [3.8, 4) is 5.19 Å². The first-order valence-corrected chi connectivity index (χ1v) is 12.3. The minimum absolute atomic E-state index is 0.355. The number of rotatable bonds is 10. The summed E-state index contributed by atoms with van der Waals surface area (Å²) in [5.41, 5.74) is 2.35. The summed E-state index contributed by atoms with van der Waals surface area (Å²) in [7, 11) is 4.21. The van der Waals surface area contributed by atoms with Gasteiger partial charge in [-0.3, -0.25) is 0 Å². The van der Waals surface area contributed by atoms with Gasteiger partial charge in [0.25, 0.3) is 5.19 Å². The number of fused-ring (bicyclic) bond motifs is 1. The highest BCUT2D eigenvalue weighted by Gasteiger charge is 2.10. The van der Waals surface area contributed by atoms with Gasteiger partial charge in [-0.1, -0.05) is 67.4 Å². The molecule has 1 aromatic heterocycles. The SMILES string of the molecule is CCC1=CCC=C(Oc2nc3c(s2)C=CCC=C3)C=C1.CN(C)CCCCCCCO. The second-order valence-electron chi connectivity index (χ2n) is 7.97. The monoisotopic (exact) mass is 442 g/mol. The molecule has 5 heteroatoms. The predicted octanol–water partition coefficient (Wildman–Crippen LogP) is 6.62. The quantitative estimate of drug-likeness (QED) is 0.413. The Morgan fingerprint density at radius 2 is 1.74 bits per heavy atom. The molecule has 1 aromatic rings. The van der Waals surface area contributed by atoms with Crippen LogP contribution in [-0.2, 0) is 0 Å². The number of thiazole rings is 1. The van der Waals surface area contributed by atoms with Gasteiger partial charge in [-0.15, -0.1) is 0 Å². The van der Waals surface area contributed by atoms with Crippen molar-refractivity contribution in [3.05, 3.63) is 58.4 Å². The molecule has 170 valence electrons. The lowest BCUT2D eigenvalue weighted by molar-refractivity contribution is 0.281. The summed E-state index contributed by atoms with van der Waals surface area (Å²) >= 11 is 1.59. The van der Waals surface area contributed by atoms with Crippen LogP contribution in [0.2, 0.25) is 0 Å². The molecule has 31 heavy (non-hydrogen) atoms. The van der Waals surface area contributed by atoms with E-state index in [9.17, 15) is 0 Å². The lowest BCUT2D eigenvalue weighted by Crippen LogP contribution is -2.12. The van der Waals surface area contributed by atoms with Gasteiger partial charge in [0.05, 0.1) is 10.6 Å². The topological polar surface area (TPSA) is 45.6 Å². The third kappa shape index (κ3) is 10.3. The minimum atomic E-state index is 0.355. The Labute approximate surface area is 192 Å². The number of aliphatic hydroxyl groups is 1. The van der Waals surface area contributed by atoms with Crippen LogP contribution in [0, 0.1) is 0 Å². The Morgan fingerprint density at radius 1 is 0.968 bits per heavy atom. The molecule has 0 spiro atoms. The zero-order valence-electron chi connectivity index (χ0n) is 19.3. The standard InChI is InChI=1S/C17H17NOS.C9H21NO/c1-2-13-7-6-8-14(12-11-13)19-17-18-15-9-4-3-5-10-16(15)20-17;1-10(2)8-6-4-3-5-7-9-11/h4-5,7-12H,2-3,6H2,1H3;11H,3-9H2,1-2H3. The molecule has 3 rings (SSSR count). The predicted molar refractivity (Wildman–Crippen MR) is 134 cm³/mol. The Hall–Kier alpha value is -1.95. The van der Waals surface area contributed by atoms with Crippen LogP contribution >= 0.6 is 11.3 Å². The number of hydrogen-bond acceptors (Lipinski definition) is 5. The summed E-state index contributed by atoms with van der Waals surface area (Å²) in [6.45, 7) is 3.71. The van der Waals surface area contributed by atoms with Gasteiger partial charge >= 0.3 is 0 Å². The molecule has 1 N–H and O–H groups in total. The Balaban J connectivity index is 0.000000267. The van der Waals surface area contributed by atoms with Gasteiger partial charge in [-0.25, -0.2) is 4.98 Å². The number of aromatic nitrogens is 1.